The Morgan fingerprint density at radius 3 is 2.69 bits per heavy atom. The predicted octanol–water partition coefficient (Wildman–Crippen LogP) is 0.702. The van der Waals surface area contributed by atoms with Crippen molar-refractivity contribution in [1.82, 2.24) is 5.32 Å². The predicted molar refractivity (Wildman–Crippen MR) is 48.0 cm³/mol. The molecule has 0 spiro atoms. The minimum atomic E-state index is -0.236. The van der Waals surface area contributed by atoms with Gasteiger partial charge in [0.05, 0.1) is 13.2 Å². The normalized spacial score (nSPS) is 20.6. The van der Waals surface area contributed by atoms with E-state index in [4.69, 9.17) is 4.74 Å². The molecule has 1 heterocycles. The van der Waals surface area contributed by atoms with Crippen LogP contribution in [0.25, 0.3) is 0 Å². The van der Waals surface area contributed by atoms with Gasteiger partial charge in [-0.2, -0.15) is 0 Å². The molecule has 0 aromatic heterocycles. The maximum absolute atomic E-state index is 10.8. The highest BCUT2D eigenvalue weighted by atomic mass is 16.5. The number of hydrogen-bond donors (Lipinski definition) is 1. The van der Waals surface area contributed by atoms with Gasteiger partial charge in [-0.3, -0.25) is 4.79 Å². The van der Waals surface area contributed by atoms with E-state index in [1.165, 1.54) is 0 Å². The van der Waals surface area contributed by atoms with Crippen molar-refractivity contribution in [3.63, 3.8) is 0 Å². The van der Waals surface area contributed by atoms with E-state index >= 15 is 0 Å². The maximum atomic E-state index is 10.8. The molecule has 0 aliphatic carbocycles. The highest BCUT2D eigenvalue weighted by molar-refractivity contribution is 5.86. The van der Waals surface area contributed by atoms with Crippen molar-refractivity contribution in [2.24, 2.45) is 0 Å². The average molecular weight is 177 g/mol. The summed E-state index contributed by atoms with van der Waals surface area (Å²) in [6.07, 6.45) is -0.236. The molecule has 0 bridgehead atoms. The van der Waals surface area contributed by atoms with E-state index < -0.39 is 0 Å². The Morgan fingerprint density at radius 1 is 1.38 bits per heavy atom. The first-order valence-electron chi connectivity index (χ1n) is 4.29. The Kier molecular flexibility index (Phi) is 2.27. The number of hydrogen-bond acceptors (Lipinski definition) is 2. The van der Waals surface area contributed by atoms with Crippen LogP contribution in [0, 0.1) is 0 Å². The van der Waals surface area contributed by atoms with Crippen molar-refractivity contribution in [2.45, 2.75) is 12.7 Å². The molecule has 1 aromatic carbocycles. The molecule has 1 aliphatic rings. The van der Waals surface area contributed by atoms with Crippen LogP contribution in [0.1, 0.15) is 5.56 Å². The summed E-state index contributed by atoms with van der Waals surface area (Å²) in [6, 6.07) is 9.84. The Hall–Kier alpha value is -1.35. The third kappa shape index (κ3) is 1.87. The fourth-order valence-electron chi connectivity index (χ4n) is 1.17. The minimum absolute atomic E-state index is 0.00377. The van der Waals surface area contributed by atoms with E-state index in [0.717, 1.165) is 5.56 Å². The number of ether oxygens (including phenoxy) is 1. The summed E-state index contributed by atoms with van der Waals surface area (Å²) in [6.45, 7) is 1.16. The SMILES string of the molecule is O=C1NC[C@@H]1OCc1ccccc1. The van der Waals surface area contributed by atoms with Gasteiger partial charge >= 0.3 is 0 Å². The van der Waals surface area contributed by atoms with Gasteiger partial charge in [-0.15, -0.1) is 0 Å². The van der Waals surface area contributed by atoms with Crippen molar-refractivity contribution in [1.29, 1.82) is 0 Å². The Balaban J connectivity index is 1.83. The topological polar surface area (TPSA) is 38.3 Å². The van der Waals surface area contributed by atoms with Crippen LogP contribution < -0.4 is 5.32 Å². The number of carbonyl (C=O) groups excluding carboxylic acids is 1. The van der Waals surface area contributed by atoms with Crippen LogP contribution in [0.3, 0.4) is 0 Å². The zero-order chi connectivity index (χ0) is 9.10. The Morgan fingerprint density at radius 2 is 2.15 bits per heavy atom. The highest BCUT2D eigenvalue weighted by Gasteiger charge is 2.27. The van der Waals surface area contributed by atoms with Crippen LogP contribution in [-0.4, -0.2) is 18.6 Å². The van der Waals surface area contributed by atoms with Gasteiger partial charge < -0.3 is 10.1 Å². The van der Waals surface area contributed by atoms with Gasteiger partial charge in [0.1, 0.15) is 0 Å². The second kappa shape index (κ2) is 3.58. The summed E-state index contributed by atoms with van der Waals surface area (Å²) in [4.78, 5) is 10.8. The summed E-state index contributed by atoms with van der Waals surface area (Å²) < 4.78 is 5.36. The zero-order valence-electron chi connectivity index (χ0n) is 7.19. The van der Waals surface area contributed by atoms with E-state index in [2.05, 4.69) is 5.32 Å². The third-order valence-electron chi connectivity index (χ3n) is 2.05. The largest absolute Gasteiger partial charge is 0.362 e. The molecule has 1 aliphatic heterocycles. The second-order valence-corrected chi connectivity index (χ2v) is 3.03. The molecule has 0 saturated carbocycles. The molecule has 3 heteroatoms. The van der Waals surface area contributed by atoms with Gasteiger partial charge in [0, 0.05) is 0 Å². The summed E-state index contributed by atoms with van der Waals surface area (Å²) in [5.74, 6) is -0.00377. The quantitative estimate of drug-likeness (QED) is 0.690. The summed E-state index contributed by atoms with van der Waals surface area (Å²) >= 11 is 0. The fraction of sp³-hybridized carbons (Fsp3) is 0.300. The van der Waals surface area contributed by atoms with E-state index in [1.54, 1.807) is 0 Å². The van der Waals surface area contributed by atoms with Crippen LogP contribution in [0.4, 0.5) is 0 Å². The van der Waals surface area contributed by atoms with E-state index in [-0.39, 0.29) is 12.0 Å². The molecule has 68 valence electrons. The van der Waals surface area contributed by atoms with Crippen LogP contribution in [0.2, 0.25) is 0 Å². The van der Waals surface area contributed by atoms with Crippen LogP contribution in [-0.2, 0) is 16.1 Å². The third-order valence-corrected chi connectivity index (χ3v) is 2.05. The molecule has 3 nitrogen and oxygen atoms in total. The number of rotatable bonds is 3. The number of nitrogens with one attached hydrogen (secondary N) is 1. The zero-order valence-corrected chi connectivity index (χ0v) is 7.19. The van der Waals surface area contributed by atoms with E-state index in [0.29, 0.717) is 13.2 Å². The monoisotopic (exact) mass is 177 g/mol. The van der Waals surface area contributed by atoms with Gasteiger partial charge in [-0.05, 0) is 5.56 Å². The van der Waals surface area contributed by atoms with Crippen molar-refractivity contribution in [3.05, 3.63) is 35.9 Å². The Labute approximate surface area is 76.7 Å². The molecule has 0 unspecified atom stereocenters. The van der Waals surface area contributed by atoms with Crippen LogP contribution in [0.15, 0.2) is 30.3 Å². The molecule has 2 rings (SSSR count). The lowest BCUT2D eigenvalue weighted by atomic mass is 10.2. The van der Waals surface area contributed by atoms with Gasteiger partial charge in [-0.1, -0.05) is 30.3 Å². The molecular formula is C10H11NO2. The molecule has 1 saturated heterocycles. The van der Waals surface area contributed by atoms with Crippen molar-refractivity contribution in [3.8, 4) is 0 Å². The average Bonchev–Trinajstić information content (AvgIpc) is 2.17. The maximum Gasteiger partial charge on any atom is 0.251 e. The molecule has 0 radical (unpaired) electrons. The molecule has 1 aromatic rings. The number of β-lactam (4-membered cyclic amide) rings is 1. The molecule has 1 amide bonds. The first-order chi connectivity index (χ1) is 6.36. The van der Waals surface area contributed by atoms with Crippen molar-refractivity contribution < 1.29 is 9.53 Å². The lowest BCUT2D eigenvalue weighted by molar-refractivity contribution is -0.142. The lowest BCUT2D eigenvalue weighted by Gasteiger charge is -2.25. The summed E-state index contributed by atoms with van der Waals surface area (Å²) in [7, 11) is 0. The summed E-state index contributed by atoms with van der Waals surface area (Å²) in [5, 5.41) is 2.63. The van der Waals surface area contributed by atoms with Crippen molar-refractivity contribution >= 4 is 5.91 Å². The molecule has 13 heavy (non-hydrogen) atoms. The smallest absolute Gasteiger partial charge is 0.251 e. The second-order valence-electron chi connectivity index (χ2n) is 3.03. The highest BCUT2D eigenvalue weighted by Crippen LogP contribution is 2.06. The standard InChI is InChI=1S/C10H11NO2/c12-10-9(6-11-10)13-7-8-4-2-1-3-5-8/h1-5,9H,6-7H2,(H,11,12)/t9-/m0/s1. The molecule has 1 N–H and O–H groups in total. The van der Waals surface area contributed by atoms with Gasteiger partial charge in [0.2, 0.25) is 0 Å². The van der Waals surface area contributed by atoms with Crippen LogP contribution in [0.5, 0.6) is 0 Å². The minimum Gasteiger partial charge on any atom is -0.362 e. The van der Waals surface area contributed by atoms with Gasteiger partial charge in [-0.25, -0.2) is 0 Å². The van der Waals surface area contributed by atoms with E-state index in [9.17, 15) is 4.79 Å². The molecular weight excluding hydrogens is 166 g/mol. The summed E-state index contributed by atoms with van der Waals surface area (Å²) in [5.41, 5.74) is 1.10. The Bertz CT molecular complexity index is 297. The van der Waals surface area contributed by atoms with Gasteiger partial charge in [0.15, 0.2) is 6.10 Å². The number of benzene rings is 1. The van der Waals surface area contributed by atoms with Gasteiger partial charge in [0.25, 0.3) is 5.91 Å². The van der Waals surface area contributed by atoms with E-state index in [1.807, 2.05) is 30.3 Å². The molecule has 1 atom stereocenters. The lowest BCUT2D eigenvalue weighted by Crippen LogP contribution is -2.54. The first kappa shape index (κ1) is 8.26. The van der Waals surface area contributed by atoms with Crippen LogP contribution >= 0.6 is 0 Å². The number of amides is 1. The first-order valence-corrected chi connectivity index (χ1v) is 4.29. The number of carbonyl (C=O) groups is 1. The fourth-order valence-corrected chi connectivity index (χ4v) is 1.17. The molecule has 1 fully saturated rings. The van der Waals surface area contributed by atoms with Crippen molar-refractivity contribution in [2.75, 3.05) is 6.54 Å².